The Bertz CT molecular complexity index is 479. The van der Waals surface area contributed by atoms with Gasteiger partial charge in [0.15, 0.2) is 5.03 Å². The molecule has 0 atom stereocenters. The van der Waals surface area contributed by atoms with Crippen molar-refractivity contribution in [3.63, 3.8) is 0 Å². The standard InChI is InChI=1S/C9H17N5O2S/c1-2-14-6-9(12-7-14)17(15,16)13-5-3-4-8(10)11/h6-7,13H,2-5H2,1H3,(H3,10,11). The van der Waals surface area contributed by atoms with Gasteiger partial charge in [0, 0.05) is 25.7 Å². The maximum absolute atomic E-state index is 11.7. The van der Waals surface area contributed by atoms with E-state index in [9.17, 15) is 8.42 Å². The summed E-state index contributed by atoms with van der Waals surface area (Å²) in [5, 5.41) is 7.02. The number of aromatic nitrogens is 2. The lowest BCUT2D eigenvalue weighted by molar-refractivity contribution is 0.576. The monoisotopic (exact) mass is 259 g/mol. The van der Waals surface area contributed by atoms with Gasteiger partial charge in [-0.05, 0) is 13.3 Å². The minimum absolute atomic E-state index is 0.0159. The van der Waals surface area contributed by atoms with Gasteiger partial charge in [-0.2, -0.15) is 0 Å². The van der Waals surface area contributed by atoms with Crippen molar-refractivity contribution in [3.8, 4) is 0 Å². The van der Waals surface area contributed by atoms with Crippen molar-refractivity contribution in [2.45, 2.75) is 31.3 Å². The first-order valence-electron chi connectivity index (χ1n) is 5.30. The minimum Gasteiger partial charge on any atom is -0.388 e. The molecule has 96 valence electrons. The Kier molecular flexibility index (Phi) is 4.64. The second-order valence-corrected chi connectivity index (χ2v) is 5.28. The molecule has 0 fully saturated rings. The first kappa shape index (κ1) is 13.7. The molecule has 1 rings (SSSR count). The summed E-state index contributed by atoms with van der Waals surface area (Å²) in [7, 11) is -3.54. The SMILES string of the molecule is CCn1cnc(S(=O)(=O)NCCCC(=N)N)c1. The fourth-order valence-corrected chi connectivity index (χ4v) is 2.23. The Balaban J connectivity index is 2.53. The van der Waals surface area contributed by atoms with Gasteiger partial charge in [-0.15, -0.1) is 0 Å². The van der Waals surface area contributed by atoms with Crippen LogP contribution in [-0.2, 0) is 16.6 Å². The van der Waals surface area contributed by atoms with Crippen LogP contribution in [0.15, 0.2) is 17.6 Å². The van der Waals surface area contributed by atoms with Crippen LogP contribution >= 0.6 is 0 Å². The number of imidazole rings is 1. The second-order valence-electron chi connectivity index (χ2n) is 3.57. The van der Waals surface area contributed by atoms with Gasteiger partial charge in [-0.3, -0.25) is 5.41 Å². The summed E-state index contributed by atoms with van der Waals surface area (Å²) >= 11 is 0. The molecular weight excluding hydrogens is 242 g/mol. The highest BCUT2D eigenvalue weighted by molar-refractivity contribution is 7.89. The van der Waals surface area contributed by atoms with Crippen LogP contribution in [0, 0.1) is 5.41 Å². The Morgan fingerprint density at radius 2 is 2.35 bits per heavy atom. The molecule has 0 spiro atoms. The van der Waals surface area contributed by atoms with E-state index in [1.165, 1.54) is 12.5 Å². The van der Waals surface area contributed by atoms with Crippen molar-refractivity contribution >= 4 is 15.9 Å². The quantitative estimate of drug-likeness (QED) is 0.360. The van der Waals surface area contributed by atoms with Gasteiger partial charge in [0.05, 0.1) is 12.2 Å². The number of hydrogen-bond acceptors (Lipinski definition) is 4. The van der Waals surface area contributed by atoms with E-state index < -0.39 is 10.0 Å². The maximum atomic E-state index is 11.7. The Morgan fingerprint density at radius 3 is 2.88 bits per heavy atom. The molecule has 0 saturated heterocycles. The third kappa shape index (κ3) is 4.16. The third-order valence-corrected chi connectivity index (χ3v) is 3.51. The fourth-order valence-electron chi connectivity index (χ4n) is 1.21. The van der Waals surface area contributed by atoms with E-state index >= 15 is 0 Å². The van der Waals surface area contributed by atoms with Crippen molar-refractivity contribution in [2.24, 2.45) is 5.73 Å². The second kappa shape index (κ2) is 5.78. The molecule has 0 unspecified atom stereocenters. The zero-order valence-corrected chi connectivity index (χ0v) is 10.5. The van der Waals surface area contributed by atoms with Crippen LogP contribution in [0.5, 0.6) is 0 Å². The molecule has 1 aromatic rings. The molecule has 0 aromatic carbocycles. The number of sulfonamides is 1. The van der Waals surface area contributed by atoms with Gasteiger partial charge >= 0.3 is 0 Å². The van der Waals surface area contributed by atoms with Crippen molar-refractivity contribution in [1.82, 2.24) is 14.3 Å². The molecule has 1 heterocycles. The first-order valence-corrected chi connectivity index (χ1v) is 6.78. The summed E-state index contributed by atoms with van der Waals surface area (Å²) in [5.41, 5.74) is 5.17. The highest BCUT2D eigenvalue weighted by Crippen LogP contribution is 2.04. The summed E-state index contributed by atoms with van der Waals surface area (Å²) in [6, 6.07) is 0. The smallest absolute Gasteiger partial charge is 0.259 e. The number of nitrogens with two attached hydrogens (primary N) is 1. The van der Waals surface area contributed by atoms with Gasteiger partial charge in [0.1, 0.15) is 0 Å². The van der Waals surface area contributed by atoms with Gasteiger partial charge in [0.2, 0.25) is 0 Å². The summed E-state index contributed by atoms with van der Waals surface area (Å²) in [6.45, 7) is 2.83. The molecule has 4 N–H and O–H groups in total. The summed E-state index contributed by atoms with van der Waals surface area (Å²) < 4.78 is 27.6. The van der Waals surface area contributed by atoms with E-state index in [1.54, 1.807) is 4.57 Å². The zero-order valence-electron chi connectivity index (χ0n) is 9.68. The molecule has 0 radical (unpaired) electrons. The first-order chi connectivity index (χ1) is 7.95. The summed E-state index contributed by atoms with van der Waals surface area (Å²) in [6.07, 6.45) is 3.84. The number of hydrogen-bond donors (Lipinski definition) is 3. The number of amidine groups is 1. The molecule has 0 aliphatic rings. The average Bonchev–Trinajstić information content (AvgIpc) is 2.73. The van der Waals surface area contributed by atoms with Crippen LogP contribution in [0.3, 0.4) is 0 Å². The lowest BCUT2D eigenvalue weighted by Crippen LogP contribution is -2.26. The maximum Gasteiger partial charge on any atom is 0.259 e. The fraction of sp³-hybridized carbons (Fsp3) is 0.556. The molecular formula is C9H17N5O2S. The van der Waals surface area contributed by atoms with Crippen LogP contribution < -0.4 is 10.5 Å². The van der Waals surface area contributed by atoms with Crippen LogP contribution in [0.2, 0.25) is 0 Å². The van der Waals surface area contributed by atoms with Crippen LogP contribution in [0.4, 0.5) is 0 Å². The van der Waals surface area contributed by atoms with E-state index in [0.29, 0.717) is 19.4 Å². The summed E-state index contributed by atoms with van der Waals surface area (Å²) in [4.78, 5) is 3.82. The molecule has 0 saturated carbocycles. The van der Waals surface area contributed by atoms with Gasteiger partial charge < -0.3 is 10.3 Å². The Morgan fingerprint density at radius 1 is 1.65 bits per heavy atom. The highest BCUT2D eigenvalue weighted by atomic mass is 32.2. The van der Waals surface area contributed by atoms with Crippen LogP contribution in [-0.4, -0.2) is 30.3 Å². The number of rotatable bonds is 7. The van der Waals surface area contributed by atoms with Crippen molar-refractivity contribution < 1.29 is 8.42 Å². The average molecular weight is 259 g/mol. The molecule has 0 bridgehead atoms. The highest BCUT2D eigenvalue weighted by Gasteiger charge is 2.16. The van der Waals surface area contributed by atoms with Gasteiger partial charge in [0.25, 0.3) is 10.0 Å². The lowest BCUT2D eigenvalue weighted by Gasteiger charge is -2.03. The number of aryl methyl sites for hydroxylation is 1. The molecule has 17 heavy (non-hydrogen) atoms. The minimum atomic E-state index is -3.54. The zero-order chi connectivity index (χ0) is 12.9. The van der Waals surface area contributed by atoms with Gasteiger partial charge in [-0.1, -0.05) is 0 Å². The molecule has 0 aliphatic heterocycles. The predicted molar refractivity (Wildman–Crippen MR) is 64.2 cm³/mol. The Hall–Kier alpha value is -1.41. The Labute approximate surface area is 101 Å². The van der Waals surface area contributed by atoms with Crippen LogP contribution in [0.1, 0.15) is 19.8 Å². The van der Waals surface area contributed by atoms with E-state index in [0.717, 1.165) is 0 Å². The van der Waals surface area contributed by atoms with E-state index in [2.05, 4.69) is 9.71 Å². The van der Waals surface area contributed by atoms with Crippen LogP contribution in [0.25, 0.3) is 0 Å². The summed E-state index contributed by atoms with van der Waals surface area (Å²) in [5.74, 6) is 0.0551. The van der Waals surface area contributed by atoms with E-state index in [4.69, 9.17) is 11.1 Å². The lowest BCUT2D eigenvalue weighted by atomic mass is 10.3. The topological polar surface area (TPSA) is 114 Å². The third-order valence-electron chi connectivity index (χ3n) is 2.17. The van der Waals surface area contributed by atoms with Gasteiger partial charge in [-0.25, -0.2) is 18.1 Å². The van der Waals surface area contributed by atoms with Crippen molar-refractivity contribution in [3.05, 3.63) is 12.5 Å². The van der Waals surface area contributed by atoms with E-state index in [-0.39, 0.29) is 17.4 Å². The molecule has 7 nitrogen and oxygen atoms in total. The van der Waals surface area contributed by atoms with E-state index in [1.807, 2.05) is 6.92 Å². The predicted octanol–water partition coefficient (Wildman–Crippen LogP) is -0.103. The molecule has 1 aromatic heterocycles. The van der Waals surface area contributed by atoms with Crippen molar-refractivity contribution in [1.29, 1.82) is 5.41 Å². The number of nitrogens with one attached hydrogen (secondary N) is 2. The van der Waals surface area contributed by atoms with Crippen molar-refractivity contribution in [2.75, 3.05) is 6.54 Å². The number of nitrogens with zero attached hydrogens (tertiary/aromatic N) is 2. The normalized spacial score (nSPS) is 11.6. The molecule has 0 aliphatic carbocycles. The molecule has 8 heteroatoms. The largest absolute Gasteiger partial charge is 0.388 e. The molecule has 0 amide bonds.